The third-order valence-corrected chi connectivity index (χ3v) is 5.75. The number of hydrogen-bond acceptors (Lipinski definition) is 4. The lowest BCUT2D eigenvalue weighted by Gasteiger charge is -2.19. The highest BCUT2D eigenvalue weighted by Crippen LogP contribution is 2.39. The zero-order chi connectivity index (χ0) is 23.1. The molecule has 4 nitrogen and oxygen atoms in total. The molecule has 0 saturated heterocycles. The first kappa shape index (κ1) is 23.7. The molecule has 3 aromatic rings. The highest BCUT2D eigenvalue weighted by Gasteiger charge is 2.30. The minimum absolute atomic E-state index is 0.0111. The average Bonchev–Trinajstić information content (AvgIpc) is 2.80. The lowest BCUT2D eigenvalue weighted by molar-refractivity contribution is 0.0727. The third kappa shape index (κ3) is 5.43. The van der Waals surface area contributed by atoms with Crippen molar-refractivity contribution in [1.82, 2.24) is 0 Å². The maximum atomic E-state index is 15.3. The van der Waals surface area contributed by atoms with Gasteiger partial charge in [0, 0.05) is 12.0 Å². The number of esters is 1. The van der Waals surface area contributed by atoms with E-state index in [1.165, 1.54) is 6.92 Å². The predicted octanol–water partition coefficient (Wildman–Crippen LogP) is 7.07. The van der Waals surface area contributed by atoms with Gasteiger partial charge in [-0.15, -0.1) is 0 Å². The molecule has 0 aliphatic heterocycles. The quantitative estimate of drug-likeness (QED) is 0.180. The summed E-state index contributed by atoms with van der Waals surface area (Å²) >= 11 is 3.34. The summed E-state index contributed by atoms with van der Waals surface area (Å²) in [5, 5.41) is 0. The minimum Gasteiger partial charge on any atom is -0.487 e. The van der Waals surface area contributed by atoms with Crippen LogP contribution in [0.25, 0.3) is 0 Å². The average molecular weight is 499 g/mol. The van der Waals surface area contributed by atoms with Crippen LogP contribution >= 0.6 is 15.9 Å². The van der Waals surface area contributed by atoms with Crippen LogP contribution in [0.1, 0.15) is 58.0 Å². The van der Waals surface area contributed by atoms with Crippen molar-refractivity contribution in [2.75, 3.05) is 0 Å². The summed E-state index contributed by atoms with van der Waals surface area (Å²) in [6.45, 7) is 3.55. The summed E-state index contributed by atoms with van der Waals surface area (Å²) < 4.78 is 26.9. The van der Waals surface area contributed by atoms with Crippen molar-refractivity contribution in [3.05, 3.63) is 93.2 Å². The van der Waals surface area contributed by atoms with Crippen molar-refractivity contribution in [2.24, 2.45) is 0 Å². The molecule has 0 unspecified atom stereocenters. The number of ketones is 1. The molecule has 0 aliphatic carbocycles. The number of unbranched alkanes of at least 4 members (excludes halogenated alkanes) is 1. The Labute approximate surface area is 195 Å². The predicted molar refractivity (Wildman–Crippen MR) is 125 cm³/mol. The summed E-state index contributed by atoms with van der Waals surface area (Å²) in [6.07, 6.45) is 1.65. The Hall–Kier alpha value is -2.99. The topological polar surface area (TPSA) is 52.6 Å². The molecular weight excluding hydrogens is 475 g/mol. The summed E-state index contributed by atoms with van der Waals surface area (Å²) in [4.78, 5) is 25.8. The Balaban J connectivity index is 2.06. The third-order valence-electron chi connectivity index (χ3n) is 4.99. The number of rotatable bonds is 9. The van der Waals surface area contributed by atoms with Crippen LogP contribution in [0.15, 0.2) is 65.1 Å². The van der Waals surface area contributed by atoms with Crippen LogP contribution in [0.3, 0.4) is 0 Å². The Morgan fingerprint density at radius 3 is 2.22 bits per heavy atom. The van der Waals surface area contributed by atoms with Gasteiger partial charge in [-0.2, -0.15) is 0 Å². The Morgan fingerprint density at radius 2 is 1.59 bits per heavy atom. The number of carbonyl (C=O) groups is 2. The number of para-hydroxylation sites is 1. The smallest absolute Gasteiger partial charge is 0.347 e. The Bertz CT molecular complexity index is 1100. The van der Waals surface area contributed by atoms with Gasteiger partial charge in [0.2, 0.25) is 0 Å². The highest BCUT2D eigenvalue weighted by molar-refractivity contribution is 9.10. The maximum Gasteiger partial charge on any atom is 0.347 e. The first-order valence-electron chi connectivity index (χ1n) is 10.4. The molecule has 0 fully saturated rings. The molecular formula is C26H24BrFO4. The van der Waals surface area contributed by atoms with Gasteiger partial charge in [-0.25, -0.2) is 9.18 Å². The lowest BCUT2D eigenvalue weighted by Crippen LogP contribution is -2.17. The first-order chi connectivity index (χ1) is 15.4. The zero-order valence-electron chi connectivity index (χ0n) is 18.0. The number of ether oxygens (including phenoxy) is 2. The molecule has 166 valence electrons. The second-order valence-electron chi connectivity index (χ2n) is 7.34. The van der Waals surface area contributed by atoms with Gasteiger partial charge >= 0.3 is 5.97 Å². The molecule has 0 amide bonds. The molecule has 0 heterocycles. The second kappa shape index (κ2) is 11.0. The maximum absolute atomic E-state index is 15.3. The number of Topliss-reactive ketones (excluding diaryl/α,β-unsaturated/α-hetero) is 1. The van der Waals surface area contributed by atoms with E-state index in [1.54, 1.807) is 30.3 Å². The number of benzene rings is 3. The molecule has 3 rings (SSSR count). The van der Waals surface area contributed by atoms with Gasteiger partial charge in [0.25, 0.3) is 0 Å². The molecule has 0 atom stereocenters. The van der Waals surface area contributed by atoms with Gasteiger partial charge in [0.05, 0.1) is 10.0 Å². The summed E-state index contributed by atoms with van der Waals surface area (Å²) in [6, 6.07) is 17.9. The molecule has 6 heteroatoms. The number of halogens is 2. The van der Waals surface area contributed by atoms with E-state index in [0.717, 1.165) is 12.0 Å². The van der Waals surface area contributed by atoms with E-state index in [2.05, 4.69) is 15.9 Å². The van der Waals surface area contributed by atoms with E-state index in [-0.39, 0.29) is 45.7 Å². The van der Waals surface area contributed by atoms with Crippen molar-refractivity contribution in [1.29, 1.82) is 0 Å². The first-order valence-corrected chi connectivity index (χ1v) is 11.2. The van der Waals surface area contributed by atoms with E-state index in [0.29, 0.717) is 12.2 Å². The van der Waals surface area contributed by atoms with Crippen LogP contribution < -0.4 is 9.47 Å². The standard InChI is InChI=1S/C26H24BrFO4/c1-3-4-15-20(29)22-23(27)25(31-16-18-11-7-5-8-12-18)21(17(2)24(22)28)26(30)32-19-13-9-6-10-14-19/h5-14H,3-4,15-16H2,1-2H3. The van der Waals surface area contributed by atoms with Gasteiger partial charge in [0.1, 0.15) is 29.5 Å². The van der Waals surface area contributed by atoms with Crippen molar-refractivity contribution in [3.63, 3.8) is 0 Å². The van der Waals surface area contributed by atoms with Gasteiger partial charge in [0.15, 0.2) is 5.78 Å². The van der Waals surface area contributed by atoms with E-state index >= 15 is 4.39 Å². The molecule has 0 aromatic heterocycles. The van der Waals surface area contributed by atoms with Crippen molar-refractivity contribution in [2.45, 2.75) is 39.7 Å². The fourth-order valence-corrected chi connectivity index (χ4v) is 3.96. The highest BCUT2D eigenvalue weighted by atomic mass is 79.9. The molecule has 0 saturated carbocycles. The van der Waals surface area contributed by atoms with E-state index < -0.39 is 11.8 Å². The summed E-state index contributed by atoms with van der Waals surface area (Å²) in [5.41, 5.74) is 0.719. The minimum atomic E-state index is -0.760. The molecule has 3 aromatic carbocycles. The molecule has 0 N–H and O–H groups in total. The van der Waals surface area contributed by atoms with Crippen LogP contribution in [-0.2, 0) is 6.61 Å². The van der Waals surface area contributed by atoms with E-state index in [4.69, 9.17) is 9.47 Å². The lowest BCUT2D eigenvalue weighted by atomic mass is 9.97. The number of carbonyl (C=O) groups excluding carboxylic acids is 2. The van der Waals surface area contributed by atoms with E-state index in [1.807, 2.05) is 37.3 Å². The van der Waals surface area contributed by atoms with Crippen LogP contribution in [-0.4, -0.2) is 11.8 Å². The number of hydrogen-bond donors (Lipinski definition) is 0. The largest absolute Gasteiger partial charge is 0.487 e. The molecule has 0 radical (unpaired) electrons. The van der Waals surface area contributed by atoms with E-state index in [9.17, 15) is 9.59 Å². The fraction of sp³-hybridized carbons (Fsp3) is 0.231. The van der Waals surface area contributed by atoms with Gasteiger partial charge in [-0.1, -0.05) is 61.9 Å². The molecule has 0 aliphatic rings. The van der Waals surface area contributed by atoms with Crippen molar-refractivity contribution >= 4 is 27.7 Å². The Kier molecular flexibility index (Phi) is 8.17. The summed E-state index contributed by atoms with van der Waals surface area (Å²) in [7, 11) is 0. The molecule has 0 bridgehead atoms. The molecule has 0 spiro atoms. The van der Waals surface area contributed by atoms with Gasteiger partial charge in [-0.3, -0.25) is 4.79 Å². The van der Waals surface area contributed by atoms with Crippen LogP contribution in [0.4, 0.5) is 4.39 Å². The van der Waals surface area contributed by atoms with Crippen LogP contribution in [0, 0.1) is 12.7 Å². The zero-order valence-corrected chi connectivity index (χ0v) is 19.6. The Morgan fingerprint density at radius 1 is 0.969 bits per heavy atom. The van der Waals surface area contributed by atoms with Crippen molar-refractivity contribution < 1.29 is 23.5 Å². The van der Waals surface area contributed by atoms with Gasteiger partial charge in [-0.05, 0) is 47.0 Å². The van der Waals surface area contributed by atoms with Crippen molar-refractivity contribution in [3.8, 4) is 11.5 Å². The van der Waals surface area contributed by atoms with Crippen LogP contribution in [0.2, 0.25) is 0 Å². The van der Waals surface area contributed by atoms with Gasteiger partial charge < -0.3 is 9.47 Å². The van der Waals surface area contributed by atoms with Crippen LogP contribution in [0.5, 0.6) is 11.5 Å². The summed E-state index contributed by atoms with van der Waals surface area (Å²) in [5.74, 6) is -1.43. The fourth-order valence-electron chi connectivity index (χ4n) is 3.25. The molecule has 32 heavy (non-hydrogen) atoms. The normalized spacial score (nSPS) is 10.6. The second-order valence-corrected chi connectivity index (χ2v) is 8.13. The monoisotopic (exact) mass is 498 g/mol. The SMILES string of the molecule is CCCCC(=O)c1c(F)c(C)c(C(=O)Oc2ccccc2)c(OCc2ccccc2)c1Br.